The molecule has 6 heteroatoms. The molecule has 0 saturated carbocycles. The van der Waals surface area contributed by atoms with Gasteiger partial charge in [-0.3, -0.25) is 9.13 Å². The Bertz CT molecular complexity index is 2780. The third-order valence-corrected chi connectivity index (χ3v) is 9.36. The summed E-state index contributed by atoms with van der Waals surface area (Å²) in [4.78, 5) is 20.6. The molecule has 234 valence electrons. The average Bonchev–Trinajstić information content (AvgIpc) is 3.74. The van der Waals surface area contributed by atoms with Gasteiger partial charge in [0.05, 0.1) is 22.1 Å². The molecule has 0 amide bonds. The van der Waals surface area contributed by atoms with Gasteiger partial charge in [-0.1, -0.05) is 140 Å². The highest BCUT2D eigenvalue weighted by atomic mass is 15.2. The topological polar surface area (TPSA) is 61.4 Å². The van der Waals surface area contributed by atoms with Gasteiger partial charge in [0, 0.05) is 38.5 Å². The van der Waals surface area contributed by atoms with Gasteiger partial charge in [-0.15, -0.1) is 0 Å². The average molecular weight is 641 g/mol. The summed E-state index contributed by atoms with van der Waals surface area (Å²) in [5.41, 5.74) is 8.00. The van der Waals surface area contributed by atoms with E-state index in [-0.39, 0.29) is 0 Å². The van der Waals surface area contributed by atoms with E-state index in [1.165, 1.54) is 0 Å². The quantitative estimate of drug-likeness (QED) is 0.188. The van der Waals surface area contributed by atoms with Gasteiger partial charge in [-0.05, 0) is 35.7 Å². The first-order chi connectivity index (χ1) is 24.8. The maximum absolute atomic E-state index is 5.29. The molecular formula is C44H28N6. The first-order valence-electron chi connectivity index (χ1n) is 16.7. The number of rotatable bonds is 5. The van der Waals surface area contributed by atoms with Gasteiger partial charge in [0.15, 0.2) is 11.6 Å². The second kappa shape index (κ2) is 11.4. The van der Waals surface area contributed by atoms with Crippen LogP contribution in [0.2, 0.25) is 0 Å². The number of fused-ring (bicyclic) bond motifs is 6. The number of hydrogen-bond donors (Lipinski definition) is 0. The number of aromatic nitrogens is 6. The van der Waals surface area contributed by atoms with Crippen molar-refractivity contribution < 1.29 is 0 Å². The van der Waals surface area contributed by atoms with Gasteiger partial charge >= 0.3 is 0 Å². The van der Waals surface area contributed by atoms with Crippen molar-refractivity contribution in [1.29, 1.82) is 0 Å². The Morgan fingerprint density at radius 3 is 1.62 bits per heavy atom. The van der Waals surface area contributed by atoms with E-state index in [4.69, 9.17) is 19.9 Å². The zero-order valence-electron chi connectivity index (χ0n) is 26.8. The van der Waals surface area contributed by atoms with Crippen molar-refractivity contribution in [3.63, 3.8) is 0 Å². The molecule has 0 aliphatic rings. The number of imidazole rings is 1. The molecule has 0 saturated heterocycles. The van der Waals surface area contributed by atoms with Gasteiger partial charge in [0.25, 0.3) is 0 Å². The second-order valence-electron chi connectivity index (χ2n) is 12.4. The number of benzene rings is 7. The third-order valence-electron chi connectivity index (χ3n) is 9.36. The molecule has 0 unspecified atom stereocenters. The highest BCUT2D eigenvalue weighted by Gasteiger charge is 2.21. The Labute approximate surface area is 287 Å². The largest absolute Gasteiger partial charge is 0.292 e. The van der Waals surface area contributed by atoms with Gasteiger partial charge in [0.1, 0.15) is 5.82 Å². The minimum atomic E-state index is 0.566. The van der Waals surface area contributed by atoms with Crippen LogP contribution in [-0.4, -0.2) is 29.1 Å². The lowest BCUT2D eigenvalue weighted by molar-refractivity contribution is 0.955. The summed E-state index contributed by atoms with van der Waals surface area (Å²) in [5.74, 6) is 2.71. The molecule has 3 aromatic heterocycles. The van der Waals surface area contributed by atoms with Gasteiger partial charge in [0.2, 0.25) is 5.95 Å². The monoisotopic (exact) mass is 640 g/mol. The first-order valence-corrected chi connectivity index (χ1v) is 16.7. The fraction of sp³-hybridized carbons (Fsp3) is 0. The van der Waals surface area contributed by atoms with Crippen molar-refractivity contribution in [3.8, 4) is 45.8 Å². The lowest BCUT2D eigenvalue weighted by Crippen LogP contribution is -2.06. The second-order valence-corrected chi connectivity index (χ2v) is 12.4. The Morgan fingerprint density at radius 1 is 0.380 bits per heavy atom. The third kappa shape index (κ3) is 4.50. The fourth-order valence-corrected chi connectivity index (χ4v) is 7.08. The Balaban J connectivity index is 1.31. The summed E-state index contributed by atoms with van der Waals surface area (Å²) in [6.07, 6.45) is 0. The van der Waals surface area contributed by atoms with Crippen molar-refractivity contribution in [3.05, 3.63) is 170 Å². The Kier molecular flexibility index (Phi) is 6.39. The molecule has 10 aromatic rings. The van der Waals surface area contributed by atoms with Crippen LogP contribution in [0, 0.1) is 0 Å². The molecule has 50 heavy (non-hydrogen) atoms. The number of para-hydroxylation sites is 2. The summed E-state index contributed by atoms with van der Waals surface area (Å²) in [7, 11) is 0. The van der Waals surface area contributed by atoms with E-state index in [1.807, 2.05) is 72.8 Å². The molecule has 0 aliphatic heterocycles. The molecule has 0 spiro atoms. The predicted octanol–water partition coefficient (Wildman–Crippen LogP) is 10.5. The van der Waals surface area contributed by atoms with Crippen molar-refractivity contribution in [1.82, 2.24) is 29.1 Å². The molecule has 0 fully saturated rings. The van der Waals surface area contributed by atoms with Crippen LogP contribution in [0.15, 0.2) is 170 Å². The molecule has 7 aromatic carbocycles. The molecule has 0 aliphatic carbocycles. The van der Waals surface area contributed by atoms with Crippen molar-refractivity contribution in [2.45, 2.75) is 0 Å². The molecule has 0 bridgehead atoms. The van der Waals surface area contributed by atoms with E-state index >= 15 is 0 Å². The lowest BCUT2D eigenvalue weighted by Gasteiger charge is -2.12. The van der Waals surface area contributed by atoms with Crippen LogP contribution in [-0.2, 0) is 0 Å². The van der Waals surface area contributed by atoms with Crippen LogP contribution in [0.25, 0.3) is 89.4 Å². The minimum Gasteiger partial charge on any atom is -0.292 e. The lowest BCUT2D eigenvalue weighted by atomic mass is 10.0. The molecule has 0 N–H and O–H groups in total. The summed E-state index contributed by atoms with van der Waals surface area (Å²) < 4.78 is 4.46. The summed E-state index contributed by atoms with van der Waals surface area (Å²) in [6, 6.07) is 58.5. The number of nitrogens with zero attached hydrogens (tertiary/aromatic N) is 6. The molecule has 10 rings (SSSR count). The van der Waals surface area contributed by atoms with Crippen LogP contribution in [0.4, 0.5) is 0 Å². The molecular weight excluding hydrogens is 613 g/mol. The normalized spacial score (nSPS) is 11.6. The van der Waals surface area contributed by atoms with Crippen LogP contribution < -0.4 is 0 Å². The van der Waals surface area contributed by atoms with E-state index in [0.29, 0.717) is 17.6 Å². The molecule has 6 nitrogen and oxygen atoms in total. The highest BCUT2D eigenvalue weighted by Crippen LogP contribution is 2.39. The zero-order chi connectivity index (χ0) is 33.0. The zero-order valence-corrected chi connectivity index (χ0v) is 26.8. The summed E-state index contributed by atoms with van der Waals surface area (Å²) in [5, 5.41) is 4.44. The van der Waals surface area contributed by atoms with Gasteiger partial charge < -0.3 is 0 Å². The first kappa shape index (κ1) is 28.1. The van der Waals surface area contributed by atoms with Crippen LogP contribution in [0.1, 0.15) is 0 Å². The van der Waals surface area contributed by atoms with E-state index in [1.54, 1.807) is 0 Å². The number of hydrogen-bond acceptors (Lipinski definition) is 4. The molecule has 0 atom stereocenters. The highest BCUT2D eigenvalue weighted by molar-refractivity contribution is 6.20. The SMILES string of the molecule is c1ccc(-c2nc(-c3ccccc3)nc(-n3c4ccccc4c4ccc5cc6c(cc5c43)nc(-c3ccccc3)n6-c3ccccc3)n2)cc1. The molecule has 3 heterocycles. The van der Waals surface area contributed by atoms with E-state index in [9.17, 15) is 0 Å². The van der Waals surface area contributed by atoms with Crippen LogP contribution in [0.3, 0.4) is 0 Å². The van der Waals surface area contributed by atoms with Crippen LogP contribution in [0.5, 0.6) is 0 Å². The minimum absolute atomic E-state index is 0.566. The van der Waals surface area contributed by atoms with E-state index < -0.39 is 0 Å². The van der Waals surface area contributed by atoms with Crippen molar-refractivity contribution >= 4 is 43.6 Å². The summed E-state index contributed by atoms with van der Waals surface area (Å²) >= 11 is 0. The summed E-state index contributed by atoms with van der Waals surface area (Å²) in [6.45, 7) is 0. The Morgan fingerprint density at radius 2 is 0.960 bits per heavy atom. The standard InChI is InChI=1S/C44H28N6/c1-5-15-29(16-6-1)41-46-42(30-17-7-2-8-18-30)48-44(47-41)50-38-24-14-13-23-34(38)35-26-25-32-27-39-37(28-36(32)40(35)50)45-43(31-19-9-3-10-20-31)49(39)33-21-11-4-12-22-33/h1-28H. The predicted molar refractivity (Wildman–Crippen MR) is 203 cm³/mol. The van der Waals surface area contributed by atoms with E-state index in [2.05, 4.69) is 106 Å². The maximum Gasteiger partial charge on any atom is 0.238 e. The molecule has 0 radical (unpaired) electrons. The maximum atomic E-state index is 5.29. The van der Waals surface area contributed by atoms with Crippen molar-refractivity contribution in [2.75, 3.05) is 0 Å². The fourth-order valence-electron chi connectivity index (χ4n) is 7.08. The smallest absolute Gasteiger partial charge is 0.238 e. The van der Waals surface area contributed by atoms with Gasteiger partial charge in [-0.2, -0.15) is 9.97 Å². The van der Waals surface area contributed by atoms with Crippen LogP contribution >= 0.6 is 0 Å². The van der Waals surface area contributed by atoms with Crippen molar-refractivity contribution in [2.24, 2.45) is 0 Å². The van der Waals surface area contributed by atoms with Gasteiger partial charge in [-0.25, -0.2) is 9.97 Å². The van der Waals surface area contributed by atoms with E-state index in [0.717, 1.165) is 71.8 Å². The Hall–Kier alpha value is -6.92.